The van der Waals surface area contributed by atoms with E-state index in [0.29, 0.717) is 19.8 Å². The van der Waals surface area contributed by atoms with Crippen LogP contribution in [0.5, 0.6) is 0 Å². The van der Waals surface area contributed by atoms with E-state index in [4.69, 9.17) is 9.47 Å². The molecular formula is C12H26N2O4. The predicted octanol–water partition coefficient (Wildman–Crippen LogP) is -0.487. The lowest BCUT2D eigenvalue weighted by Crippen LogP contribution is -2.44. The number of hydrogen-bond acceptors (Lipinski definition) is 5. The molecule has 0 aliphatic carbocycles. The number of carbonyl (C=O) groups is 1. The molecule has 0 radical (unpaired) electrons. The molecule has 108 valence electrons. The summed E-state index contributed by atoms with van der Waals surface area (Å²) < 4.78 is 10.5. The van der Waals surface area contributed by atoms with Gasteiger partial charge < -0.3 is 25.2 Å². The Morgan fingerprint density at radius 3 is 2.50 bits per heavy atom. The van der Waals surface area contributed by atoms with Crippen molar-refractivity contribution in [1.82, 2.24) is 10.6 Å². The Balaban J connectivity index is 3.48. The van der Waals surface area contributed by atoms with E-state index in [1.807, 2.05) is 13.8 Å². The Morgan fingerprint density at radius 1 is 1.28 bits per heavy atom. The summed E-state index contributed by atoms with van der Waals surface area (Å²) in [5.41, 5.74) is 0. The van der Waals surface area contributed by atoms with Gasteiger partial charge in [0, 0.05) is 13.6 Å². The minimum Gasteiger partial charge on any atom is -0.389 e. The summed E-state index contributed by atoms with van der Waals surface area (Å²) >= 11 is 0. The van der Waals surface area contributed by atoms with Gasteiger partial charge in [0.15, 0.2) is 0 Å². The topological polar surface area (TPSA) is 79.8 Å². The Labute approximate surface area is 109 Å². The van der Waals surface area contributed by atoms with Crippen LogP contribution in [0.1, 0.15) is 20.8 Å². The molecule has 0 saturated heterocycles. The number of carbonyl (C=O) groups excluding carboxylic acids is 1. The van der Waals surface area contributed by atoms with Gasteiger partial charge in [-0.3, -0.25) is 4.79 Å². The maximum atomic E-state index is 11.2. The van der Waals surface area contributed by atoms with Gasteiger partial charge in [-0.15, -0.1) is 0 Å². The van der Waals surface area contributed by atoms with Crippen LogP contribution in [0.15, 0.2) is 0 Å². The van der Waals surface area contributed by atoms with Crippen LogP contribution in [0.2, 0.25) is 0 Å². The highest BCUT2D eigenvalue weighted by Crippen LogP contribution is 1.90. The lowest BCUT2D eigenvalue weighted by atomic mass is 10.3. The zero-order valence-corrected chi connectivity index (χ0v) is 11.7. The molecule has 3 N–H and O–H groups in total. The maximum absolute atomic E-state index is 11.2. The largest absolute Gasteiger partial charge is 0.389 e. The molecule has 0 saturated carbocycles. The van der Waals surface area contributed by atoms with Gasteiger partial charge in [0.2, 0.25) is 5.91 Å². The number of ether oxygens (including phenoxy) is 2. The maximum Gasteiger partial charge on any atom is 0.236 e. The first kappa shape index (κ1) is 17.3. The number of aliphatic hydroxyl groups is 1. The first-order valence-corrected chi connectivity index (χ1v) is 6.29. The van der Waals surface area contributed by atoms with Crippen molar-refractivity contribution in [3.8, 4) is 0 Å². The number of nitrogens with one attached hydrogen (secondary N) is 2. The fourth-order valence-electron chi connectivity index (χ4n) is 1.24. The second-order valence-corrected chi connectivity index (χ2v) is 4.39. The molecular weight excluding hydrogens is 236 g/mol. The van der Waals surface area contributed by atoms with Gasteiger partial charge in [0.1, 0.15) is 0 Å². The molecule has 0 aliphatic rings. The summed E-state index contributed by atoms with van der Waals surface area (Å²) in [6, 6.07) is -0.325. The van der Waals surface area contributed by atoms with Crippen LogP contribution in [0, 0.1) is 0 Å². The summed E-state index contributed by atoms with van der Waals surface area (Å²) in [7, 11) is 1.58. The quantitative estimate of drug-likeness (QED) is 0.463. The molecule has 6 nitrogen and oxygen atoms in total. The van der Waals surface area contributed by atoms with E-state index >= 15 is 0 Å². The van der Waals surface area contributed by atoms with E-state index in [1.165, 1.54) is 0 Å². The van der Waals surface area contributed by atoms with Crippen molar-refractivity contribution in [2.45, 2.75) is 39.0 Å². The first-order chi connectivity index (χ1) is 8.47. The van der Waals surface area contributed by atoms with Crippen LogP contribution < -0.4 is 10.6 Å². The van der Waals surface area contributed by atoms with Crippen molar-refractivity contribution in [2.24, 2.45) is 0 Å². The van der Waals surface area contributed by atoms with Gasteiger partial charge in [-0.05, 0) is 20.8 Å². The zero-order chi connectivity index (χ0) is 14.0. The van der Waals surface area contributed by atoms with E-state index in [2.05, 4.69) is 10.6 Å². The molecule has 0 rings (SSSR count). The van der Waals surface area contributed by atoms with Crippen molar-refractivity contribution in [3.05, 3.63) is 0 Å². The highest BCUT2D eigenvalue weighted by molar-refractivity contribution is 5.80. The van der Waals surface area contributed by atoms with Crippen molar-refractivity contribution in [2.75, 3.05) is 33.4 Å². The van der Waals surface area contributed by atoms with E-state index in [0.717, 1.165) is 0 Å². The third-order valence-corrected chi connectivity index (χ3v) is 2.29. The Hall–Kier alpha value is -0.690. The van der Waals surface area contributed by atoms with Crippen LogP contribution in [-0.2, 0) is 14.3 Å². The molecule has 6 heteroatoms. The normalized spacial score (nSPS) is 14.6. The van der Waals surface area contributed by atoms with Crippen LogP contribution >= 0.6 is 0 Å². The average molecular weight is 262 g/mol. The molecule has 0 heterocycles. The van der Waals surface area contributed by atoms with E-state index < -0.39 is 6.10 Å². The highest BCUT2D eigenvalue weighted by Gasteiger charge is 2.12. The molecule has 2 atom stereocenters. The SMILES string of the molecule is CNC(=O)C(C)NCC(O)COCCOC(C)C. The van der Waals surface area contributed by atoms with E-state index in [-0.39, 0.29) is 24.7 Å². The van der Waals surface area contributed by atoms with Crippen LogP contribution in [0.3, 0.4) is 0 Å². The van der Waals surface area contributed by atoms with Crippen LogP contribution in [0.25, 0.3) is 0 Å². The van der Waals surface area contributed by atoms with Crippen LogP contribution in [0.4, 0.5) is 0 Å². The fraction of sp³-hybridized carbons (Fsp3) is 0.917. The fourth-order valence-corrected chi connectivity index (χ4v) is 1.24. The summed E-state index contributed by atoms with van der Waals surface area (Å²) in [6.07, 6.45) is -0.440. The molecule has 0 aromatic carbocycles. The summed E-state index contributed by atoms with van der Waals surface area (Å²) in [6.45, 7) is 7.18. The number of rotatable bonds is 10. The molecule has 0 aromatic heterocycles. The minimum absolute atomic E-state index is 0.103. The van der Waals surface area contributed by atoms with Crippen molar-refractivity contribution >= 4 is 5.91 Å². The van der Waals surface area contributed by atoms with Crippen molar-refractivity contribution in [1.29, 1.82) is 0 Å². The smallest absolute Gasteiger partial charge is 0.236 e. The van der Waals surface area contributed by atoms with Crippen molar-refractivity contribution in [3.63, 3.8) is 0 Å². The second-order valence-electron chi connectivity index (χ2n) is 4.39. The molecule has 1 amide bonds. The summed E-state index contributed by atoms with van der Waals surface area (Å²) in [4.78, 5) is 11.2. The molecule has 2 unspecified atom stereocenters. The molecule has 0 fully saturated rings. The Kier molecular flexibility index (Phi) is 9.86. The monoisotopic (exact) mass is 262 g/mol. The van der Waals surface area contributed by atoms with E-state index in [1.54, 1.807) is 14.0 Å². The first-order valence-electron chi connectivity index (χ1n) is 6.29. The molecule has 18 heavy (non-hydrogen) atoms. The van der Waals surface area contributed by atoms with Gasteiger partial charge in [0.05, 0.1) is 38.1 Å². The standard InChI is InChI=1S/C12H26N2O4/c1-9(2)18-6-5-17-8-11(15)7-14-10(3)12(16)13-4/h9-11,14-15H,5-8H2,1-4H3,(H,13,16). The Bertz CT molecular complexity index is 224. The summed E-state index contributed by atoms with van der Waals surface area (Å²) in [5.74, 6) is -0.103. The molecule has 0 aliphatic heterocycles. The molecule has 0 spiro atoms. The van der Waals surface area contributed by atoms with Crippen molar-refractivity contribution < 1.29 is 19.4 Å². The average Bonchev–Trinajstić information content (AvgIpc) is 2.34. The third kappa shape index (κ3) is 9.35. The number of aliphatic hydroxyl groups excluding tert-OH is 1. The lowest BCUT2D eigenvalue weighted by Gasteiger charge is -2.16. The van der Waals surface area contributed by atoms with Gasteiger partial charge in [-0.2, -0.15) is 0 Å². The van der Waals surface area contributed by atoms with Crippen LogP contribution in [-0.4, -0.2) is 62.7 Å². The molecule has 0 aromatic rings. The Morgan fingerprint density at radius 2 is 1.94 bits per heavy atom. The van der Waals surface area contributed by atoms with Gasteiger partial charge in [0.25, 0.3) is 0 Å². The van der Waals surface area contributed by atoms with Gasteiger partial charge in [-0.25, -0.2) is 0 Å². The third-order valence-electron chi connectivity index (χ3n) is 2.29. The number of hydrogen-bond donors (Lipinski definition) is 3. The van der Waals surface area contributed by atoms with Gasteiger partial charge >= 0.3 is 0 Å². The van der Waals surface area contributed by atoms with E-state index in [9.17, 15) is 9.90 Å². The second kappa shape index (κ2) is 10.3. The molecule has 0 bridgehead atoms. The lowest BCUT2D eigenvalue weighted by molar-refractivity contribution is -0.122. The predicted molar refractivity (Wildman–Crippen MR) is 69.4 cm³/mol. The highest BCUT2D eigenvalue weighted by atomic mass is 16.5. The summed E-state index contributed by atoms with van der Waals surface area (Å²) in [5, 5.41) is 15.0. The number of likely N-dealkylation sites (N-methyl/N-ethyl adjacent to an activating group) is 1. The minimum atomic E-state index is -0.629. The van der Waals surface area contributed by atoms with Gasteiger partial charge in [-0.1, -0.05) is 0 Å². The number of amides is 1. The zero-order valence-electron chi connectivity index (χ0n) is 11.7.